The number of phenolic OH excluding ortho intramolecular Hbond substituents is 1. The van der Waals surface area contributed by atoms with E-state index in [2.05, 4.69) is 12.2 Å². The second kappa shape index (κ2) is 6.06. The molecule has 0 bridgehead atoms. The molecule has 1 saturated carbocycles. The Labute approximate surface area is 113 Å². The minimum absolute atomic E-state index is 0.000991. The lowest BCUT2D eigenvalue weighted by Crippen LogP contribution is -2.47. The quantitative estimate of drug-likeness (QED) is 0.755. The van der Waals surface area contributed by atoms with E-state index in [0.717, 1.165) is 24.8 Å². The fraction of sp³-hybridized carbons (Fsp3) is 0.533. The van der Waals surface area contributed by atoms with Gasteiger partial charge < -0.3 is 15.5 Å². The van der Waals surface area contributed by atoms with Crippen molar-refractivity contribution < 1.29 is 15.0 Å². The molecule has 0 aliphatic heterocycles. The molecule has 1 fully saturated rings. The largest absolute Gasteiger partial charge is 0.508 e. The second-order valence-electron chi connectivity index (χ2n) is 5.31. The van der Waals surface area contributed by atoms with Crippen LogP contribution in [-0.4, -0.2) is 28.3 Å². The number of aliphatic hydroxyl groups excluding tert-OH is 1. The third kappa shape index (κ3) is 3.70. The maximum absolute atomic E-state index is 12.0. The predicted molar refractivity (Wildman–Crippen MR) is 72.8 cm³/mol. The number of hydrogen-bond donors (Lipinski definition) is 3. The Hall–Kier alpha value is -1.55. The van der Waals surface area contributed by atoms with Crippen molar-refractivity contribution in [2.75, 3.05) is 0 Å². The maximum atomic E-state index is 12.0. The number of nitrogens with one attached hydrogen (secondary N) is 1. The lowest BCUT2D eigenvalue weighted by atomic mass is 9.76. The van der Waals surface area contributed by atoms with E-state index in [1.807, 2.05) is 0 Å². The minimum Gasteiger partial charge on any atom is -0.508 e. The Bertz CT molecular complexity index is 424. The summed E-state index contributed by atoms with van der Waals surface area (Å²) >= 11 is 0. The van der Waals surface area contributed by atoms with Gasteiger partial charge in [-0.2, -0.15) is 0 Å². The number of amides is 1. The van der Waals surface area contributed by atoms with Crippen molar-refractivity contribution >= 4 is 5.91 Å². The van der Waals surface area contributed by atoms with Crippen molar-refractivity contribution in [3.05, 3.63) is 29.8 Å². The van der Waals surface area contributed by atoms with Crippen LogP contribution in [0.2, 0.25) is 0 Å². The Morgan fingerprint density at radius 2 is 2.00 bits per heavy atom. The van der Waals surface area contributed by atoms with Crippen LogP contribution in [0.25, 0.3) is 0 Å². The van der Waals surface area contributed by atoms with Gasteiger partial charge in [-0.25, -0.2) is 0 Å². The number of carbonyl (C=O) groups is 1. The molecule has 0 radical (unpaired) electrons. The van der Waals surface area contributed by atoms with Gasteiger partial charge >= 0.3 is 0 Å². The average Bonchev–Trinajstić information content (AvgIpc) is 2.35. The molecule has 104 valence electrons. The van der Waals surface area contributed by atoms with Gasteiger partial charge in [0.1, 0.15) is 5.75 Å². The van der Waals surface area contributed by atoms with E-state index in [1.54, 1.807) is 24.3 Å². The van der Waals surface area contributed by atoms with Crippen molar-refractivity contribution in [2.24, 2.45) is 5.92 Å². The summed E-state index contributed by atoms with van der Waals surface area (Å²) < 4.78 is 0. The lowest BCUT2D eigenvalue weighted by molar-refractivity contribution is -0.122. The first-order valence-electron chi connectivity index (χ1n) is 6.83. The van der Waals surface area contributed by atoms with E-state index in [0.29, 0.717) is 12.3 Å². The van der Waals surface area contributed by atoms with E-state index in [4.69, 9.17) is 0 Å². The van der Waals surface area contributed by atoms with Crippen molar-refractivity contribution in [3.8, 4) is 5.75 Å². The van der Waals surface area contributed by atoms with Crippen LogP contribution in [0.1, 0.15) is 31.7 Å². The zero-order valence-electron chi connectivity index (χ0n) is 11.2. The topological polar surface area (TPSA) is 69.6 Å². The van der Waals surface area contributed by atoms with Gasteiger partial charge in [0.2, 0.25) is 5.91 Å². The maximum Gasteiger partial charge on any atom is 0.224 e. The van der Waals surface area contributed by atoms with E-state index in [-0.39, 0.29) is 23.8 Å². The minimum atomic E-state index is -0.187. The van der Waals surface area contributed by atoms with Gasteiger partial charge in [-0.15, -0.1) is 0 Å². The van der Waals surface area contributed by atoms with Crippen LogP contribution >= 0.6 is 0 Å². The van der Waals surface area contributed by atoms with Crippen LogP contribution in [0.3, 0.4) is 0 Å². The molecule has 1 aliphatic rings. The molecule has 1 aromatic rings. The standard InChI is InChI=1S/C15H21NO3/c1-2-14(11-8-13(18)9-11)16-15(19)7-10-3-5-12(17)6-4-10/h3-6,11,13-14,17-18H,2,7-9H2,1H3,(H,16,19). The van der Waals surface area contributed by atoms with E-state index < -0.39 is 0 Å². The third-order valence-electron chi connectivity index (χ3n) is 3.81. The summed E-state index contributed by atoms with van der Waals surface area (Å²) in [4.78, 5) is 12.0. The summed E-state index contributed by atoms with van der Waals surface area (Å²) in [7, 11) is 0. The molecule has 0 saturated heterocycles. The summed E-state index contributed by atoms with van der Waals surface area (Å²) in [5.74, 6) is 0.613. The third-order valence-corrected chi connectivity index (χ3v) is 3.81. The first-order chi connectivity index (χ1) is 9.08. The number of phenols is 1. The molecule has 0 aromatic heterocycles. The highest BCUT2D eigenvalue weighted by Gasteiger charge is 2.33. The molecule has 0 heterocycles. The number of benzene rings is 1. The summed E-state index contributed by atoms with van der Waals surface area (Å²) in [5.41, 5.74) is 0.888. The van der Waals surface area contributed by atoms with Gasteiger partial charge in [-0.1, -0.05) is 19.1 Å². The molecule has 4 nitrogen and oxygen atoms in total. The highest BCUT2D eigenvalue weighted by Crippen LogP contribution is 2.31. The molecule has 1 aliphatic carbocycles. The Morgan fingerprint density at radius 3 is 2.53 bits per heavy atom. The molecular formula is C15H21NO3. The molecule has 4 heteroatoms. The van der Waals surface area contributed by atoms with E-state index in [9.17, 15) is 15.0 Å². The molecule has 1 atom stereocenters. The summed E-state index contributed by atoms with van der Waals surface area (Å²) in [6.45, 7) is 2.05. The SMILES string of the molecule is CCC(NC(=O)Cc1ccc(O)cc1)C1CC(O)C1. The fourth-order valence-electron chi connectivity index (χ4n) is 2.57. The summed E-state index contributed by atoms with van der Waals surface area (Å²) in [6.07, 6.45) is 2.61. The van der Waals surface area contributed by atoms with Crippen molar-refractivity contribution in [1.82, 2.24) is 5.32 Å². The number of aromatic hydroxyl groups is 1. The van der Waals surface area contributed by atoms with E-state index in [1.165, 1.54) is 0 Å². The van der Waals surface area contributed by atoms with Crippen molar-refractivity contribution in [2.45, 2.75) is 44.8 Å². The van der Waals surface area contributed by atoms with Gasteiger partial charge in [0.15, 0.2) is 0 Å². The molecule has 3 N–H and O–H groups in total. The molecule has 19 heavy (non-hydrogen) atoms. The Morgan fingerprint density at radius 1 is 1.37 bits per heavy atom. The first kappa shape index (κ1) is 13.9. The predicted octanol–water partition coefficient (Wildman–Crippen LogP) is 1.60. The zero-order chi connectivity index (χ0) is 13.8. The monoisotopic (exact) mass is 263 g/mol. The first-order valence-corrected chi connectivity index (χ1v) is 6.83. The van der Waals surface area contributed by atoms with Gasteiger partial charge in [-0.05, 0) is 42.9 Å². The van der Waals surface area contributed by atoms with Crippen LogP contribution in [0.4, 0.5) is 0 Å². The number of hydrogen-bond acceptors (Lipinski definition) is 3. The normalized spacial score (nSPS) is 23.5. The van der Waals surface area contributed by atoms with Gasteiger partial charge in [0.05, 0.1) is 12.5 Å². The molecule has 1 unspecified atom stereocenters. The van der Waals surface area contributed by atoms with Crippen molar-refractivity contribution in [1.29, 1.82) is 0 Å². The Balaban J connectivity index is 1.84. The van der Waals surface area contributed by atoms with E-state index >= 15 is 0 Å². The molecular weight excluding hydrogens is 242 g/mol. The Kier molecular flexibility index (Phi) is 4.43. The molecule has 1 amide bonds. The second-order valence-corrected chi connectivity index (χ2v) is 5.31. The molecule has 1 aromatic carbocycles. The fourth-order valence-corrected chi connectivity index (χ4v) is 2.57. The number of carbonyl (C=O) groups excluding carboxylic acids is 1. The van der Waals surface area contributed by atoms with Gasteiger partial charge in [-0.3, -0.25) is 4.79 Å². The van der Waals surface area contributed by atoms with Crippen LogP contribution < -0.4 is 5.32 Å². The summed E-state index contributed by atoms with van der Waals surface area (Å²) in [6, 6.07) is 6.84. The molecule has 0 spiro atoms. The zero-order valence-corrected chi connectivity index (χ0v) is 11.2. The number of rotatable bonds is 5. The lowest BCUT2D eigenvalue weighted by Gasteiger charge is -2.37. The highest BCUT2D eigenvalue weighted by atomic mass is 16.3. The molecule has 2 rings (SSSR count). The van der Waals surface area contributed by atoms with Crippen LogP contribution in [0.15, 0.2) is 24.3 Å². The summed E-state index contributed by atoms with van der Waals surface area (Å²) in [5, 5.41) is 21.5. The van der Waals surface area contributed by atoms with Crippen molar-refractivity contribution in [3.63, 3.8) is 0 Å². The van der Waals surface area contributed by atoms with Crippen LogP contribution in [0.5, 0.6) is 5.75 Å². The van der Waals surface area contributed by atoms with Gasteiger partial charge in [0, 0.05) is 6.04 Å². The van der Waals surface area contributed by atoms with Crippen LogP contribution in [-0.2, 0) is 11.2 Å². The highest BCUT2D eigenvalue weighted by molar-refractivity contribution is 5.78. The van der Waals surface area contributed by atoms with Gasteiger partial charge in [0.25, 0.3) is 0 Å². The smallest absolute Gasteiger partial charge is 0.224 e. The van der Waals surface area contributed by atoms with Crippen LogP contribution in [0, 0.1) is 5.92 Å². The average molecular weight is 263 g/mol. The number of aliphatic hydroxyl groups is 1.